The van der Waals surface area contributed by atoms with E-state index < -0.39 is 0 Å². The van der Waals surface area contributed by atoms with Gasteiger partial charge in [0.05, 0.1) is 6.54 Å². The number of aromatic nitrogens is 2. The number of nitrogens with zero attached hydrogens (tertiary/aromatic N) is 2. The number of aryl methyl sites for hydroxylation is 1. The Morgan fingerprint density at radius 2 is 2.20 bits per heavy atom. The number of nitrogens with one attached hydrogen (secondary N) is 2. The van der Waals surface area contributed by atoms with Crippen LogP contribution in [0.2, 0.25) is 0 Å². The Kier molecular flexibility index (Phi) is 5.55. The fourth-order valence-electron chi connectivity index (χ4n) is 1.91. The highest BCUT2D eigenvalue weighted by molar-refractivity contribution is 7.11. The second-order valence-electron chi connectivity index (χ2n) is 4.94. The molecule has 1 atom stereocenters. The highest BCUT2D eigenvalue weighted by Gasteiger charge is 2.10. The van der Waals surface area contributed by atoms with Crippen LogP contribution in [0, 0.1) is 6.92 Å². The summed E-state index contributed by atoms with van der Waals surface area (Å²) < 4.78 is 5.55. The van der Waals surface area contributed by atoms with E-state index in [-0.39, 0.29) is 6.04 Å². The molecule has 2 N–H and O–H groups in total. The van der Waals surface area contributed by atoms with E-state index >= 15 is 0 Å². The molecule has 0 amide bonds. The highest BCUT2D eigenvalue weighted by Crippen LogP contribution is 2.18. The first-order chi connectivity index (χ1) is 9.67. The lowest BCUT2D eigenvalue weighted by atomic mass is 10.2. The second kappa shape index (κ2) is 7.40. The summed E-state index contributed by atoms with van der Waals surface area (Å²) in [6, 6.07) is 5.09. The van der Waals surface area contributed by atoms with E-state index in [0.717, 1.165) is 19.4 Å². The van der Waals surface area contributed by atoms with Gasteiger partial charge >= 0.3 is 6.01 Å². The molecule has 2 aromatic rings. The normalized spacial score (nSPS) is 12.6. The molecule has 0 saturated heterocycles. The third-order valence-electron chi connectivity index (χ3n) is 2.84. The predicted molar refractivity (Wildman–Crippen MR) is 82.1 cm³/mol. The average molecular weight is 294 g/mol. The van der Waals surface area contributed by atoms with Crippen molar-refractivity contribution in [1.82, 2.24) is 15.5 Å². The van der Waals surface area contributed by atoms with Gasteiger partial charge in [0, 0.05) is 22.2 Å². The van der Waals surface area contributed by atoms with Crippen LogP contribution in [0.25, 0.3) is 0 Å². The fraction of sp³-hybridized carbons (Fsp3) is 0.571. The molecule has 110 valence electrons. The van der Waals surface area contributed by atoms with Gasteiger partial charge in [-0.1, -0.05) is 12.0 Å². The molecular weight excluding hydrogens is 272 g/mol. The van der Waals surface area contributed by atoms with Crippen LogP contribution in [-0.2, 0) is 13.0 Å². The molecule has 0 bridgehead atoms. The van der Waals surface area contributed by atoms with Crippen LogP contribution < -0.4 is 10.6 Å². The summed E-state index contributed by atoms with van der Waals surface area (Å²) in [5.74, 6) is 0.625. The van der Waals surface area contributed by atoms with E-state index in [1.807, 2.05) is 11.3 Å². The molecule has 0 aliphatic heterocycles. The maximum atomic E-state index is 5.55. The first-order valence-electron chi connectivity index (χ1n) is 7.02. The van der Waals surface area contributed by atoms with Gasteiger partial charge in [-0.25, -0.2) is 0 Å². The lowest BCUT2D eigenvalue weighted by Gasteiger charge is -2.09. The zero-order valence-corrected chi connectivity index (χ0v) is 13.1. The third kappa shape index (κ3) is 4.61. The van der Waals surface area contributed by atoms with Crippen molar-refractivity contribution in [3.8, 4) is 0 Å². The van der Waals surface area contributed by atoms with E-state index in [1.54, 1.807) is 0 Å². The average Bonchev–Trinajstić information content (AvgIpc) is 2.99. The number of hydrogen-bond acceptors (Lipinski definition) is 6. The van der Waals surface area contributed by atoms with E-state index in [2.05, 4.69) is 53.7 Å². The van der Waals surface area contributed by atoms with Crippen LogP contribution >= 0.6 is 11.3 Å². The molecule has 0 radical (unpaired) electrons. The standard InChI is InChI=1S/C14H22N4OS/c1-4-7-15-9-13-17-18-14(19-13)16-10(2)8-12-6-5-11(3)20-12/h5-6,10,15H,4,7-9H2,1-3H3,(H,16,18). The molecule has 0 aliphatic rings. The molecule has 0 spiro atoms. The second-order valence-corrected chi connectivity index (χ2v) is 6.31. The minimum atomic E-state index is 0.268. The van der Waals surface area contributed by atoms with Gasteiger partial charge in [0.25, 0.3) is 0 Å². The van der Waals surface area contributed by atoms with Crippen LogP contribution in [-0.4, -0.2) is 22.8 Å². The number of thiophene rings is 1. The Morgan fingerprint density at radius 3 is 2.90 bits per heavy atom. The third-order valence-corrected chi connectivity index (χ3v) is 3.87. The van der Waals surface area contributed by atoms with Crippen LogP contribution in [0.4, 0.5) is 6.01 Å². The van der Waals surface area contributed by atoms with Crippen molar-refractivity contribution < 1.29 is 4.42 Å². The Morgan fingerprint density at radius 1 is 1.35 bits per heavy atom. The van der Waals surface area contributed by atoms with Crippen molar-refractivity contribution in [2.75, 3.05) is 11.9 Å². The van der Waals surface area contributed by atoms with Gasteiger partial charge < -0.3 is 15.1 Å². The van der Waals surface area contributed by atoms with Crippen LogP contribution in [0.3, 0.4) is 0 Å². The molecule has 1 unspecified atom stereocenters. The summed E-state index contributed by atoms with van der Waals surface area (Å²) in [4.78, 5) is 2.71. The number of rotatable bonds is 8. The van der Waals surface area contributed by atoms with Crippen molar-refractivity contribution in [2.45, 2.75) is 46.2 Å². The number of anilines is 1. The molecule has 2 aromatic heterocycles. The summed E-state index contributed by atoms with van der Waals surface area (Å²) >= 11 is 1.83. The van der Waals surface area contributed by atoms with Gasteiger partial charge in [0.15, 0.2) is 0 Å². The molecule has 20 heavy (non-hydrogen) atoms. The Labute approximate surface area is 123 Å². The Balaban J connectivity index is 1.80. The van der Waals surface area contributed by atoms with Crippen molar-refractivity contribution in [3.05, 3.63) is 27.8 Å². The minimum Gasteiger partial charge on any atom is -0.407 e. The first kappa shape index (κ1) is 15.0. The first-order valence-corrected chi connectivity index (χ1v) is 7.84. The molecular formula is C14H22N4OS. The van der Waals surface area contributed by atoms with Crippen molar-refractivity contribution >= 4 is 17.4 Å². The molecule has 0 aliphatic carbocycles. The molecule has 0 saturated carbocycles. The van der Waals surface area contributed by atoms with Gasteiger partial charge in [0.1, 0.15) is 0 Å². The van der Waals surface area contributed by atoms with Gasteiger partial charge in [-0.15, -0.1) is 16.4 Å². The van der Waals surface area contributed by atoms with Gasteiger partial charge in [0.2, 0.25) is 5.89 Å². The topological polar surface area (TPSA) is 63.0 Å². The summed E-state index contributed by atoms with van der Waals surface area (Å²) in [6.07, 6.45) is 2.06. The number of hydrogen-bond donors (Lipinski definition) is 2. The van der Waals surface area contributed by atoms with Gasteiger partial charge in [-0.2, -0.15) is 0 Å². The summed E-state index contributed by atoms with van der Waals surface area (Å²) in [5.41, 5.74) is 0. The minimum absolute atomic E-state index is 0.268. The highest BCUT2D eigenvalue weighted by atomic mass is 32.1. The molecule has 0 fully saturated rings. The maximum absolute atomic E-state index is 5.55. The van der Waals surface area contributed by atoms with Crippen molar-refractivity contribution in [2.24, 2.45) is 0 Å². The fourth-order valence-corrected chi connectivity index (χ4v) is 2.93. The van der Waals surface area contributed by atoms with E-state index in [0.29, 0.717) is 18.5 Å². The van der Waals surface area contributed by atoms with Crippen LogP contribution in [0.1, 0.15) is 35.9 Å². The zero-order chi connectivity index (χ0) is 14.4. The van der Waals surface area contributed by atoms with Crippen molar-refractivity contribution in [1.29, 1.82) is 0 Å². The van der Waals surface area contributed by atoms with Crippen molar-refractivity contribution in [3.63, 3.8) is 0 Å². The van der Waals surface area contributed by atoms with E-state index in [1.165, 1.54) is 9.75 Å². The summed E-state index contributed by atoms with van der Waals surface area (Å²) in [6.45, 7) is 7.95. The molecule has 2 rings (SSSR count). The zero-order valence-electron chi connectivity index (χ0n) is 12.3. The largest absolute Gasteiger partial charge is 0.407 e. The van der Waals surface area contributed by atoms with Crippen LogP contribution in [0.5, 0.6) is 0 Å². The lowest BCUT2D eigenvalue weighted by molar-refractivity contribution is 0.473. The summed E-state index contributed by atoms with van der Waals surface area (Å²) in [7, 11) is 0. The Hall–Kier alpha value is -1.40. The smallest absolute Gasteiger partial charge is 0.315 e. The molecule has 0 aromatic carbocycles. The maximum Gasteiger partial charge on any atom is 0.315 e. The SMILES string of the molecule is CCCNCc1nnc(NC(C)Cc2ccc(C)s2)o1. The molecule has 2 heterocycles. The van der Waals surface area contributed by atoms with Gasteiger partial charge in [-0.3, -0.25) is 0 Å². The molecule has 6 heteroatoms. The Bertz CT molecular complexity index is 523. The van der Waals surface area contributed by atoms with E-state index in [9.17, 15) is 0 Å². The van der Waals surface area contributed by atoms with Crippen LogP contribution in [0.15, 0.2) is 16.5 Å². The summed E-state index contributed by atoms with van der Waals surface area (Å²) in [5, 5.41) is 14.5. The lowest BCUT2D eigenvalue weighted by Crippen LogP contribution is -2.17. The predicted octanol–water partition coefficient (Wildman–Crippen LogP) is 2.98. The monoisotopic (exact) mass is 294 g/mol. The molecule has 5 nitrogen and oxygen atoms in total. The van der Waals surface area contributed by atoms with E-state index in [4.69, 9.17) is 4.42 Å². The quantitative estimate of drug-likeness (QED) is 0.733. The van der Waals surface area contributed by atoms with Gasteiger partial charge in [-0.05, 0) is 38.9 Å².